The molecule has 0 heterocycles. The molecule has 5 heteroatoms. The highest BCUT2D eigenvalue weighted by Crippen LogP contribution is 2.14. The summed E-state index contributed by atoms with van der Waals surface area (Å²) in [5.41, 5.74) is 1.04. The van der Waals surface area contributed by atoms with Gasteiger partial charge in [-0.3, -0.25) is 4.90 Å². The summed E-state index contributed by atoms with van der Waals surface area (Å²) in [5, 5.41) is 4.13. The lowest BCUT2D eigenvalue weighted by atomic mass is 10.3. The van der Waals surface area contributed by atoms with Crippen LogP contribution in [0.15, 0.2) is 24.3 Å². The fourth-order valence-electron chi connectivity index (χ4n) is 2.05. The second-order valence-electron chi connectivity index (χ2n) is 4.77. The van der Waals surface area contributed by atoms with E-state index in [1.54, 1.807) is 14.2 Å². The van der Waals surface area contributed by atoms with Crippen LogP contribution in [0, 0.1) is 0 Å². The molecule has 0 aliphatic rings. The van der Waals surface area contributed by atoms with Crippen LogP contribution in [0.5, 0.6) is 0 Å². The first-order chi connectivity index (χ1) is 9.67. The van der Waals surface area contributed by atoms with Crippen LogP contribution < -0.4 is 5.32 Å². The Balaban J connectivity index is 2.40. The number of nitrogens with one attached hydrogen (secondary N) is 1. The van der Waals surface area contributed by atoms with Gasteiger partial charge < -0.3 is 14.8 Å². The quantitative estimate of drug-likeness (QED) is 0.720. The van der Waals surface area contributed by atoms with Crippen molar-refractivity contribution in [3.05, 3.63) is 29.3 Å². The van der Waals surface area contributed by atoms with Gasteiger partial charge >= 0.3 is 0 Å². The molecular weight excluding hydrogens is 276 g/mol. The summed E-state index contributed by atoms with van der Waals surface area (Å²) in [6, 6.07) is 8.14. The van der Waals surface area contributed by atoms with E-state index in [2.05, 4.69) is 17.1 Å². The first-order valence-electron chi connectivity index (χ1n) is 6.88. The number of anilines is 1. The molecule has 0 fully saturated rings. The van der Waals surface area contributed by atoms with E-state index in [0.717, 1.165) is 43.6 Å². The molecule has 4 nitrogen and oxygen atoms in total. The molecule has 0 saturated heterocycles. The van der Waals surface area contributed by atoms with Crippen molar-refractivity contribution in [3.63, 3.8) is 0 Å². The van der Waals surface area contributed by atoms with Crippen molar-refractivity contribution in [1.29, 1.82) is 0 Å². The summed E-state index contributed by atoms with van der Waals surface area (Å²) < 4.78 is 10.4. The number of methoxy groups -OCH3 is 2. The van der Waals surface area contributed by atoms with Gasteiger partial charge in [0.2, 0.25) is 0 Å². The lowest BCUT2D eigenvalue weighted by molar-refractivity contribution is 0.0777. The third-order valence-corrected chi connectivity index (χ3v) is 3.40. The number of nitrogens with zero attached hydrogens (tertiary/aromatic N) is 1. The summed E-state index contributed by atoms with van der Waals surface area (Å²) in [4.78, 5) is 2.35. The smallest absolute Gasteiger partial charge is 0.0615 e. The molecule has 114 valence electrons. The number of benzene rings is 1. The highest BCUT2D eigenvalue weighted by Gasteiger charge is 2.12. The van der Waals surface area contributed by atoms with Crippen molar-refractivity contribution in [2.75, 3.05) is 52.4 Å². The van der Waals surface area contributed by atoms with E-state index in [-0.39, 0.29) is 0 Å². The maximum atomic E-state index is 5.96. The van der Waals surface area contributed by atoms with Crippen LogP contribution in [-0.4, -0.2) is 58.0 Å². The number of ether oxygens (including phenoxy) is 2. The zero-order chi connectivity index (χ0) is 14.8. The summed E-state index contributed by atoms with van der Waals surface area (Å²) in [5.74, 6) is 0. The van der Waals surface area contributed by atoms with E-state index in [1.807, 2.05) is 24.3 Å². The summed E-state index contributed by atoms with van der Waals surface area (Å²) in [7, 11) is 3.46. The van der Waals surface area contributed by atoms with Gasteiger partial charge in [-0.1, -0.05) is 17.7 Å². The van der Waals surface area contributed by atoms with Gasteiger partial charge in [-0.25, -0.2) is 0 Å². The van der Waals surface area contributed by atoms with E-state index in [0.29, 0.717) is 6.04 Å². The largest absolute Gasteiger partial charge is 0.384 e. The van der Waals surface area contributed by atoms with Crippen LogP contribution in [0.1, 0.15) is 6.92 Å². The number of rotatable bonds is 10. The molecule has 0 bridgehead atoms. The predicted octanol–water partition coefficient (Wildman–Crippen LogP) is 2.74. The third kappa shape index (κ3) is 6.57. The standard InChI is InChI=1S/C15H25ClN2O2/c1-13(12-20-3)18(9-10-19-2)8-7-17-15-6-4-5-14(16)11-15/h4-6,11,13,17H,7-10,12H2,1-3H3. The van der Waals surface area contributed by atoms with E-state index in [9.17, 15) is 0 Å². The van der Waals surface area contributed by atoms with Crippen LogP contribution in [-0.2, 0) is 9.47 Å². The van der Waals surface area contributed by atoms with Crippen LogP contribution in [0.2, 0.25) is 5.02 Å². The maximum absolute atomic E-state index is 5.96. The van der Waals surface area contributed by atoms with Crippen molar-refractivity contribution in [2.45, 2.75) is 13.0 Å². The lowest BCUT2D eigenvalue weighted by Crippen LogP contribution is -2.41. The molecule has 0 spiro atoms. The second kappa shape index (κ2) is 10.00. The molecule has 1 rings (SSSR count). The van der Waals surface area contributed by atoms with Crippen LogP contribution in [0.4, 0.5) is 5.69 Å². The van der Waals surface area contributed by atoms with Gasteiger partial charge in [0.15, 0.2) is 0 Å². The molecule has 1 aromatic rings. The van der Waals surface area contributed by atoms with Gasteiger partial charge in [-0.05, 0) is 25.1 Å². The summed E-state index contributed by atoms with van der Waals surface area (Å²) in [6.07, 6.45) is 0. The molecule has 0 aliphatic carbocycles. The molecule has 1 aromatic carbocycles. The topological polar surface area (TPSA) is 33.7 Å². The fourth-order valence-corrected chi connectivity index (χ4v) is 2.24. The van der Waals surface area contributed by atoms with Crippen LogP contribution >= 0.6 is 11.6 Å². The van der Waals surface area contributed by atoms with Gasteiger partial charge in [0.1, 0.15) is 0 Å². The molecule has 0 saturated carbocycles. The Hall–Kier alpha value is -0.810. The summed E-state index contributed by atoms with van der Waals surface area (Å²) >= 11 is 5.96. The minimum atomic E-state index is 0.372. The minimum absolute atomic E-state index is 0.372. The number of hydrogen-bond donors (Lipinski definition) is 1. The zero-order valence-electron chi connectivity index (χ0n) is 12.6. The monoisotopic (exact) mass is 300 g/mol. The zero-order valence-corrected chi connectivity index (χ0v) is 13.3. The predicted molar refractivity (Wildman–Crippen MR) is 84.7 cm³/mol. The lowest BCUT2D eigenvalue weighted by Gasteiger charge is -2.28. The Kier molecular flexibility index (Phi) is 8.62. The van der Waals surface area contributed by atoms with Gasteiger partial charge in [0.05, 0.1) is 13.2 Å². The first-order valence-corrected chi connectivity index (χ1v) is 7.26. The van der Waals surface area contributed by atoms with Crippen LogP contribution in [0.3, 0.4) is 0 Å². The Labute approximate surface area is 127 Å². The molecule has 20 heavy (non-hydrogen) atoms. The Bertz CT molecular complexity index is 377. The molecule has 1 atom stereocenters. The normalized spacial score (nSPS) is 12.7. The van der Waals surface area contributed by atoms with E-state index >= 15 is 0 Å². The molecule has 0 amide bonds. The molecular formula is C15H25ClN2O2. The Morgan fingerprint density at radius 1 is 1.25 bits per heavy atom. The second-order valence-corrected chi connectivity index (χ2v) is 5.21. The number of hydrogen-bond acceptors (Lipinski definition) is 4. The maximum Gasteiger partial charge on any atom is 0.0615 e. The van der Waals surface area contributed by atoms with E-state index in [4.69, 9.17) is 21.1 Å². The fraction of sp³-hybridized carbons (Fsp3) is 0.600. The van der Waals surface area contributed by atoms with Gasteiger partial charge in [-0.15, -0.1) is 0 Å². The summed E-state index contributed by atoms with van der Waals surface area (Å²) in [6.45, 7) is 6.31. The highest BCUT2D eigenvalue weighted by molar-refractivity contribution is 6.30. The van der Waals surface area contributed by atoms with E-state index in [1.165, 1.54) is 0 Å². The molecule has 1 unspecified atom stereocenters. The van der Waals surface area contributed by atoms with Crippen molar-refractivity contribution in [1.82, 2.24) is 4.90 Å². The SMILES string of the molecule is COCCN(CCNc1cccc(Cl)c1)C(C)COC. The minimum Gasteiger partial charge on any atom is -0.384 e. The van der Waals surface area contributed by atoms with Crippen molar-refractivity contribution < 1.29 is 9.47 Å². The number of halogens is 1. The van der Waals surface area contributed by atoms with Gasteiger partial charge in [-0.2, -0.15) is 0 Å². The molecule has 1 N–H and O–H groups in total. The molecule has 0 aliphatic heterocycles. The Morgan fingerprint density at radius 3 is 2.70 bits per heavy atom. The third-order valence-electron chi connectivity index (χ3n) is 3.17. The Morgan fingerprint density at radius 2 is 2.05 bits per heavy atom. The first kappa shape index (κ1) is 17.2. The van der Waals surface area contributed by atoms with Crippen molar-refractivity contribution in [3.8, 4) is 0 Å². The van der Waals surface area contributed by atoms with Gasteiger partial charge in [0.25, 0.3) is 0 Å². The van der Waals surface area contributed by atoms with Gasteiger partial charge in [0, 0.05) is 50.6 Å². The van der Waals surface area contributed by atoms with E-state index < -0.39 is 0 Å². The highest BCUT2D eigenvalue weighted by atomic mass is 35.5. The molecule has 0 radical (unpaired) electrons. The van der Waals surface area contributed by atoms with Crippen molar-refractivity contribution in [2.24, 2.45) is 0 Å². The average Bonchev–Trinajstić information content (AvgIpc) is 2.43. The van der Waals surface area contributed by atoms with Crippen LogP contribution in [0.25, 0.3) is 0 Å². The molecule has 0 aromatic heterocycles. The average molecular weight is 301 g/mol. The van der Waals surface area contributed by atoms with Crippen molar-refractivity contribution >= 4 is 17.3 Å².